The van der Waals surface area contributed by atoms with Gasteiger partial charge in [-0.3, -0.25) is 4.79 Å². The van der Waals surface area contributed by atoms with Gasteiger partial charge in [0.25, 0.3) is 0 Å². The summed E-state index contributed by atoms with van der Waals surface area (Å²) in [6, 6.07) is -0.691. The molecule has 0 aliphatic carbocycles. The Labute approximate surface area is 102 Å². The number of sulfonamides is 1. The molecule has 1 aliphatic rings. The highest BCUT2D eigenvalue weighted by Crippen LogP contribution is 2.07. The van der Waals surface area contributed by atoms with Crippen molar-refractivity contribution in [3.63, 3.8) is 0 Å². The fourth-order valence-electron chi connectivity index (χ4n) is 1.56. The molecule has 1 unspecified atom stereocenters. The van der Waals surface area contributed by atoms with Gasteiger partial charge in [0.2, 0.25) is 15.9 Å². The molecule has 1 fully saturated rings. The van der Waals surface area contributed by atoms with Crippen molar-refractivity contribution < 1.29 is 17.9 Å². The second-order valence-corrected chi connectivity index (χ2v) is 6.60. The van der Waals surface area contributed by atoms with E-state index in [9.17, 15) is 13.2 Å². The first-order valence-corrected chi connectivity index (χ1v) is 7.52. The van der Waals surface area contributed by atoms with Gasteiger partial charge < -0.3 is 10.1 Å². The number of rotatable bonds is 6. The lowest BCUT2D eigenvalue weighted by Gasteiger charge is -2.29. The van der Waals surface area contributed by atoms with Crippen molar-refractivity contribution in [3.8, 4) is 0 Å². The first-order valence-electron chi connectivity index (χ1n) is 5.63. The minimum absolute atomic E-state index is 0.0125. The molecule has 1 amide bonds. The number of carbonyl (C=O) groups excluding carboxylic acids is 1. The Morgan fingerprint density at radius 3 is 2.35 bits per heavy atom. The Bertz CT molecular complexity index is 363. The second-order valence-electron chi connectivity index (χ2n) is 4.82. The van der Waals surface area contributed by atoms with Crippen LogP contribution in [0, 0.1) is 5.92 Å². The van der Waals surface area contributed by atoms with Crippen LogP contribution in [-0.4, -0.2) is 45.9 Å². The van der Waals surface area contributed by atoms with E-state index in [4.69, 9.17) is 4.74 Å². The first kappa shape index (κ1) is 14.4. The molecule has 0 aromatic heterocycles. The smallest absolute Gasteiger partial charge is 0.238 e. The van der Waals surface area contributed by atoms with Gasteiger partial charge >= 0.3 is 0 Å². The van der Waals surface area contributed by atoms with Crippen molar-refractivity contribution in [1.29, 1.82) is 0 Å². The summed E-state index contributed by atoms with van der Waals surface area (Å²) in [5.74, 6) is -0.0462. The highest BCUT2D eigenvalue weighted by Gasteiger charge is 2.27. The van der Waals surface area contributed by atoms with E-state index in [2.05, 4.69) is 10.0 Å². The van der Waals surface area contributed by atoms with Gasteiger partial charge in [0.15, 0.2) is 0 Å². The molecule has 0 aromatic rings. The third kappa shape index (κ3) is 5.47. The van der Waals surface area contributed by atoms with E-state index in [0.29, 0.717) is 19.6 Å². The van der Waals surface area contributed by atoms with Crippen LogP contribution in [0.4, 0.5) is 0 Å². The van der Waals surface area contributed by atoms with Crippen LogP contribution in [0.5, 0.6) is 0 Å². The summed E-state index contributed by atoms with van der Waals surface area (Å²) in [5, 5.41) is 2.75. The zero-order chi connectivity index (χ0) is 13.1. The van der Waals surface area contributed by atoms with Crippen LogP contribution in [0.2, 0.25) is 0 Å². The molecular formula is C10H20N2O4S. The Morgan fingerprint density at radius 2 is 2.00 bits per heavy atom. The maximum atomic E-state index is 11.9. The summed E-state index contributed by atoms with van der Waals surface area (Å²) in [5.41, 5.74) is 0. The lowest BCUT2D eigenvalue weighted by molar-refractivity contribution is -0.127. The van der Waals surface area contributed by atoms with Crippen LogP contribution in [-0.2, 0) is 19.6 Å². The fraction of sp³-hybridized carbons (Fsp3) is 0.900. The fourth-order valence-corrected chi connectivity index (χ4v) is 2.28. The third-order valence-corrected chi connectivity index (χ3v) is 3.08. The molecule has 0 saturated carbocycles. The van der Waals surface area contributed by atoms with Crippen molar-refractivity contribution in [2.24, 2.45) is 5.92 Å². The van der Waals surface area contributed by atoms with Crippen molar-refractivity contribution in [2.75, 3.05) is 19.5 Å². The topological polar surface area (TPSA) is 84.5 Å². The molecule has 0 radical (unpaired) electrons. The Morgan fingerprint density at radius 1 is 1.41 bits per heavy atom. The summed E-state index contributed by atoms with van der Waals surface area (Å²) in [6.45, 7) is 4.88. The predicted octanol–water partition coefficient (Wildman–Crippen LogP) is -0.535. The highest BCUT2D eigenvalue weighted by molar-refractivity contribution is 7.88. The van der Waals surface area contributed by atoms with Gasteiger partial charge in [-0.05, 0) is 12.3 Å². The molecule has 1 atom stereocenters. The molecule has 1 heterocycles. The van der Waals surface area contributed by atoms with E-state index < -0.39 is 16.1 Å². The second kappa shape index (κ2) is 5.79. The lowest BCUT2D eigenvalue weighted by Crippen LogP contribution is -2.55. The standard InChI is InChI=1S/C10H20N2O4S/c1-7(2)4-9(12-17(3,14)15)10(13)11-8-5-16-6-8/h7-9,12H,4-6H2,1-3H3,(H,11,13). The van der Waals surface area contributed by atoms with E-state index in [1.165, 1.54) is 0 Å². The summed E-state index contributed by atoms with van der Waals surface area (Å²) in [4.78, 5) is 11.9. The molecule has 0 aromatic carbocycles. The van der Waals surface area contributed by atoms with Crippen molar-refractivity contribution >= 4 is 15.9 Å². The number of hydrogen-bond donors (Lipinski definition) is 2. The number of carbonyl (C=O) groups is 1. The van der Waals surface area contributed by atoms with Crippen LogP contribution in [0.3, 0.4) is 0 Å². The number of ether oxygens (including phenoxy) is 1. The van der Waals surface area contributed by atoms with Crippen LogP contribution < -0.4 is 10.0 Å². The van der Waals surface area contributed by atoms with Gasteiger partial charge in [0.1, 0.15) is 6.04 Å². The van der Waals surface area contributed by atoms with Gasteiger partial charge in [-0.15, -0.1) is 0 Å². The maximum Gasteiger partial charge on any atom is 0.238 e. The zero-order valence-corrected chi connectivity index (χ0v) is 11.2. The molecule has 1 saturated heterocycles. The third-order valence-electron chi connectivity index (χ3n) is 2.36. The van der Waals surface area contributed by atoms with E-state index in [1.54, 1.807) is 0 Å². The van der Waals surface area contributed by atoms with E-state index in [1.807, 2.05) is 13.8 Å². The minimum atomic E-state index is -3.38. The van der Waals surface area contributed by atoms with Crippen molar-refractivity contribution in [2.45, 2.75) is 32.4 Å². The zero-order valence-electron chi connectivity index (χ0n) is 10.4. The molecule has 100 valence electrons. The van der Waals surface area contributed by atoms with Crippen LogP contribution >= 0.6 is 0 Å². The van der Waals surface area contributed by atoms with Crippen LogP contribution in [0.25, 0.3) is 0 Å². The number of hydrogen-bond acceptors (Lipinski definition) is 4. The molecule has 0 bridgehead atoms. The van der Waals surface area contributed by atoms with Crippen molar-refractivity contribution in [3.05, 3.63) is 0 Å². The monoisotopic (exact) mass is 264 g/mol. The molecule has 1 rings (SSSR count). The number of nitrogens with one attached hydrogen (secondary N) is 2. The van der Waals surface area contributed by atoms with Gasteiger partial charge in [0, 0.05) is 0 Å². The summed E-state index contributed by atoms with van der Waals surface area (Å²) >= 11 is 0. The Balaban J connectivity index is 2.57. The van der Waals surface area contributed by atoms with Crippen LogP contribution in [0.15, 0.2) is 0 Å². The molecular weight excluding hydrogens is 244 g/mol. The van der Waals surface area contributed by atoms with Gasteiger partial charge in [-0.25, -0.2) is 13.1 Å². The van der Waals surface area contributed by atoms with E-state index in [-0.39, 0.29) is 17.9 Å². The molecule has 0 spiro atoms. The maximum absolute atomic E-state index is 11.9. The molecule has 1 aliphatic heterocycles. The Kier molecular flexibility index (Phi) is 4.91. The average molecular weight is 264 g/mol. The summed E-state index contributed by atoms with van der Waals surface area (Å²) in [7, 11) is -3.38. The normalized spacial score (nSPS) is 18.8. The number of amides is 1. The quantitative estimate of drug-likeness (QED) is 0.675. The van der Waals surface area contributed by atoms with E-state index >= 15 is 0 Å². The highest BCUT2D eigenvalue weighted by atomic mass is 32.2. The molecule has 7 heteroatoms. The summed E-state index contributed by atoms with van der Waals surface area (Å²) in [6.07, 6.45) is 1.53. The minimum Gasteiger partial charge on any atom is -0.377 e. The van der Waals surface area contributed by atoms with Gasteiger partial charge in [-0.2, -0.15) is 0 Å². The molecule has 2 N–H and O–H groups in total. The van der Waals surface area contributed by atoms with Crippen molar-refractivity contribution in [1.82, 2.24) is 10.0 Å². The summed E-state index contributed by atoms with van der Waals surface area (Å²) < 4.78 is 29.7. The Hall–Kier alpha value is -0.660. The largest absolute Gasteiger partial charge is 0.377 e. The lowest BCUT2D eigenvalue weighted by atomic mass is 10.0. The van der Waals surface area contributed by atoms with Gasteiger partial charge in [0.05, 0.1) is 25.5 Å². The average Bonchev–Trinajstić information content (AvgIpc) is 2.06. The SMILES string of the molecule is CC(C)CC(NS(C)(=O)=O)C(=O)NC1COC1. The predicted molar refractivity (Wildman–Crippen MR) is 64.0 cm³/mol. The van der Waals surface area contributed by atoms with E-state index in [0.717, 1.165) is 6.26 Å². The van der Waals surface area contributed by atoms with Crippen LogP contribution in [0.1, 0.15) is 20.3 Å². The molecule has 17 heavy (non-hydrogen) atoms. The van der Waals surface area contributed by atoms with Gasteiger partial charge in [-0.1, -0.05) is 13.8 Å². The first-order chi connectivity index (χ1) is 7.78. The molecule has 6 nitrogen and oxygen atoms in total.